The van der Waals surface area contributed by atoms with Gasteiger partial charge >= 0.3 is 12.1 Å². The van der Waals surface area contributed by atoms with E-state index in [4.69, 9.17) is 14.2 Å². The highest BCUT2D eigenvalue weighted by molar-refractivity contribution is 5.81. The Morgan fingerprint density at radius 2 is 1.58 bits per heavy atom. The molecule has 1 amide bonds. The van der Waals surface area contributed by atoms with Crippen molar-refractivity contribution in [3.63, 3.8) is 0 Å². The number of hydrogen-bond donors (Lipinski definition) is 0. The van der Waals surface area contributed by atoms with Crippen molar-refractivity contribution in [1.29, 1.82) is 0 Å². The molecule has 1 aromatic heterocycles. The first-order valence-corrected chi connectivity index (χ1v) is 12.3. The third-order valence-corrected chi connectivity index (χ3v) is 5.75. The SMILES string of the molecule is CCOC(=O)[C@H](C)N(Cc1ccc(OCCc2ccc(CC)cn2)cc1)C(=O)Oc1ccc(C)cc1. The highest BCUT2D eigenvalue weighted by Crippen LogP contribution is 2.19. The van der Waals surface area contributed by atoms with Gasteiger partial charge in [0.05, 0.1) is 13.2 Å². The Hall–Kier alpha value is -3.87. The third kappa shape index (κ3) is 7.83. The first kappa shape index (κ1) is 26.7. The Morgan fingerprint density at radius 1 is 0.917 bits per heavy atom. The van der Waals surface area contributed by atoms with Crippen LogP contribution in [-0.2, 0) is 28.9 Å². The molecule has 1 atom stereocenters. The number of pyridine rings is 1. The number of hydrogen-bond acceptors (Lipinski definition) is 6. The normalized spacial score (nSPS) is 11.4. The van der Waals surface area contributed by atoms with Crippen molar-refractivity contribution >= 4 is 12.1 Å². The fourth-order valence-corrected chi connectivity index (χ4v) is 3.49. The number of aromatic nitrogens is 1. The fraction of sp³-hybridized carbons (Fsp3) is 0.345. The molecule has 0 bridgehead atoms. The molecule has 0 spiro atoms. The number of amides is 1. The highest BCUT2D eigenvalue weighted by atomic mass is 16.6. The molecular weight excluding hydrogens is 456 g/mol. The lowest BCUT2D eigenvalue weighted by Crippen LogP contribution is -2.45. The van der Waals surface area contributed by atoms with E-state index in [-0.39, 0.29) is 13.2 Å². The lowest BCUT2D eigenvalue weighted by molar-refractivity contribution is -0.148. The van der Waals surface area contributed by atoms with Crippen LogP contribution >= 0.6 is 0 Å². The van der Waals surface area contributed by atoms with Crippen molar-refractivity contribution in [3.05, 3.63) is 89.2 Å². The molecule has 0 saturated heterocycles. The molecule has 0 aliphatic carbocycles. The summed E-state index contributed by atoms with van der Waals surface area (Å²) in [6.07, 6.45) is 2.95. The summed E-state index contributed by atoms with van der Waals surface area (Å²) in [6, 6.07) is 17.9. The molecule has 7 nitrogen and oxygen atoms in total. The Balaban J connectivity index is 1.62. The molecule has 0 aliphatic heterocycles. The Morgan fingerprint density at radius 3 is 2.19 bits per heavy atom. The number of ether oxygens (including phenoxy) is 3. The van der Waals surface area contributed by atoms with E-state index in [9.17, 15) is 9.59 Å². The first-order valence-electron chi connectivity index (χ1n) is 12.3. The smallest absolute Gasteiger partial charge is 0.416 e. The second kappa shape index (κ2) is 13.3. The number of nitrogens with zero attached hydrogens (tertiary/aromatic N) is 2. The molecule has 0 aliphatic rings. The molecule has 0 unspecified atom stereocenters. The Kier molecular flexibility index (Phi) is 9.86. The van der Waals surface area contributed by atoms with E-state index in [1.54, 1.807) is 26.0 Å². The van der Waals surface area contributed by atoms with Crippen LogP contribution in [0.25, 0.3) is 0 Å². The minimum absolute atomic E-state index is 0.179. The van der Waals surface area contributed by atoms with Gasteiger partial charge in [-0.25, -0.2) is 9.59 Å². The highest BCUT2D eigenvalue weighted by Gasteiger charge is 2.29. The molecule has 0 radical (unpaired) electrons. The number of carbonyl (C=O) groups excluding carboxylic acids is 2. The molecule has 3 rings (SSSR count). The van der Waals surface area contributed by atoms with Crippen molar-refractivity contribution in [2.24, 2.45) is 0 Å². The maximum absolute atomic E-state index is 13.0. The summed E-state index contributed by atoms with van der Waals surface area (Å²) in [7, 11) is 0. The fourth-order valence-electron chi connectivity index (χ4n) is 3.49. The van der Waals surface area contributed by atoms with Gasteiger partial charge in [-0.15, -0.1) is 0 Å². The van der Waals surface area contributed by atoms with Gasteiger partial charge in [0.2, 0.25) is 0 Å². The van der Waals surface area contributed by atoms with Gasteiger partial charge in [-0.2, -0.15) is 0 Å². The van der Waals surface area contributed by atoms with E-state index in [0.717, 1.165) is 29.0 Å². The van der Waals surface area contributed by atoms with Crippen molar-refractivity contribution in [1.82, 2.24) is 9.88 Å². The first-order chi connectivity index (χ1) is 17.4. The lowest BCUT2D eigenvalue weighted by Gasteiger charge is -2.27. The summed E-state index contributed by atoms with van der Waals surface area (Å²) in [5.41, 5.74) is 4.08. The summed E-state index contributed by atoms with van der Waals surface area (Å²) in [6.45, 7) is 8.34. The quantitative estimate of drug-likeness (QED) is 0.329. The summed E-state index contributed by atoms with van der Waals surface area (Å²) >= 11 is 0. The average Bonchev–Trinajstić information content (AvgIpc) is 2.89. The van der Waals surface area contributed by atoms with Gasteiger partial charge in [0, 0.05) is 24.9 Å². The number of aryl methyl sites for hydroxylation is 2. The van der Waals surface area contributed by atoms with E-state index in [1.807, 2.05) is 55.6 Å². The zero-order valence-electron chi connectivity index (χ0n) is 21.4. The van der Waals surface area contributed by atoms with Gasteiger partial charge in [-0.1, -0.05) is 42.8 Å². The van der Waals surface area contributed by atoms with E-state index >= 15 is 0 Å². The molecule has 190 valence electrons. The van der Waals surface area contributed by atoms with Gasteiger partial charge in [0.15, 0.2) is 0 Å². The monoisotopic (exact) mass is 490 g/mol. The van der Waals surface area contributed by atoms with Crippen LogP contribution in [0.4, 0.5) is 4.79 Å². The predicted octanol–water partition coefficient (Wildman–Crippen LogP) is 5.53. The minimum Gasteiger partial charge on any atom is -0.493 e. The maximum atomic E-state index is 13.0. The second-order valence-electron chi connectivity index (χ2n) is 8.49. The topological polar surface area (TPSA) is 78.0 Å². The van der Waals surface area contributed by atoms with E-state index in [2.05, 4.69) is 18.0 Å². The largest absolute Gasteiger partial charge is 0.493 e. The molecule has 1 heterocycles. The van der Waals surface area contributed by atoms with Crippen molar-refractivity contribution in [3.8, 4) is 11.5 Å². The molecule has 2 aromatic carbocycles. The van der Waals surface area contributed by atoms with Crippen LogP contribution in [0.15, 0.2) is 66.9 Å². The van der Waals surface area contributed by atoms with Crippen LogP contribution < -0.4 is 9.47 Å². The van der Waals surface area contributed by atoms with Gasteiger partial charge in [-0.3, -0.25) is 9.88 Å². The zero-order chi connectivity index (χ0) is 25.9. The van der Waals surface area contributed by atoms with Crippen molar-refractivity contribution in [2.75, 3.05) is 13.2 Å². The summed E-state index contributed by atoms with van der Waals surface area (Å²) in [5, 5.41) is 0. The van der Waals surface area contributed by atoms with E-state index in [0.29, 0.717) is 18.8 Å². The summed E-state index contributed by atoms with van der Waals surface area (Å²) in [4.78, 5) is 31.2. The van der Waals surface area contributed by atoms with Crippen LogP contribution in [0.5, 0.6) is 11.5 Å². The number of rotatable bonds is 11. The third-order valence-electron chi connectivity index (χ3n) is 5.75. The van der Waals surface area contributed by atoms with Crippen LogP contribution in [-0.4, -0.2) is 41.2 Å². The van der Waals surface area contributed by atoms with E-state index < -0.39 is 18.1 Å². The number of benzene rings is 2. The molecule has 0 N–H and O–H groups in total. The Labute approximate surface area is 213 Å². The molecule has 36 heavy (non-hydrogen) atoms. The second-order valence-corrected chi connectivity index (χ2v) is 8.49. The van der Waals surface area contributed by atoms with Crippen LogP contribution in [0.1, 0.15) is 43.2 Å². The van der Waals surface area contributed by atoms with Crippen LogP contribution in [0.2, 0.25) is 0 Å². The van der Waals surface area contributed by atoms with Gasteiger partial charge in [-0.05, 0) is 68.7 Å². The van der Waals surface area contributed by atoms with Crippen molar-refractivity contribution < 1.29 is 23.8 Å². The van der Waals surface area contributed by atoms with Crippen molar-refractivity contribution in [2.45, 2.75) is 53.1 Å². The van der Waals surface area contributed by atoms with Gasteiger partial charge < -0.3 is 14.2 Å². The zero-order valence-corrected chi connectivity index (χ0v) is 21.4. The standard InChI is InChI=1S/C29H34N2O5/c1-5-23-9-12-25(30-19-23)17-18-35-26-15-10-24(11-16-26)20-31(22(4)28(32)34-6-2)29(33)36-27-13-7-21(3)8-14-27/h7-16,19,22H,5-6,17-18,20H2,1-4H3/t22-/m0/s1. The molecular formula is C29H34N2O5. The summed E-state index contributed by atoms with van der Waals surface area (Å²) in [5.74, 6) is 0.643. The number of esters is 1. The molecule has 0 saturated carbocycles. The summed E-state index contributed by atoms with van der Waals surface area (Å²) < 4.78 is 16.5. The lowest BCUT2D eigenvalue weighted by atomic mass is 10.1. The van der Waals surface area contributed by atoms with Gasteiger partial charge in [0.1, 0.15) is 17.5 Å². The average molecular weight is 491 g/mol. The predicted molar refractivity (Wildman–Crippen MR) is 138 cm³/mol. The minimum atomic E-state index is -0.814. The van der Waals surface area contributed by atoms with Crippen LogP contribution in [0.3, 0.4) is 0 Å². The van der Waals surface area contributed by atoms with Gasteiger partial charge in [0.25, 0.3) is 0 Å². The Bertz CT molecular complexity index is 1110. The number of carbonyl (C=O) groups is 2. The molecule has 3 aromatic rings. The molecule has 7 heteroatoms. The molecule has 0 fully saturated rings. The van der Waals surface area contributed by atoms with E-state index in [1.165, 1.54) is 10.5 Å². The maximum Gasteiger partial charge on any atom is 0.416 e. The van der Waals surface area contributed by atoms with Crippen LogP contribution in [0, 0.1) is 6.92 Å².